The highest BCUT2D eigenvalue weighted by Gasteiger charge is 2.18. The molecule has 0 atom stereocenters. The molecule has 0 aliphatic rings. The maximum Gasteiger partial charge on any atom is 0.174 e. The Morgan fingerprint density at radius 1 is 1.05 bits per heavy atom. The van der Waals surface area contributed by atoms with Crippen LogP contribution in [-0.2, 0) is 0 Å². The van der Waals surface area contributed by atoms with Crippen molar-refractivity contribution in [2.45, 2.75) is 0 Å². The normalized spacial score (nSPS) is 11.5. The first-order valence-corrected chi connectivity index (χ1v) is 6.67. The number of halogens is 2. The van der Waals surface area contributed by atoms with Crippen LogP contribution in [0.15, 0.2) is 47.0 Å². The highest BCUT2D eigenvalue weighted by Crippen LogP contribution is 2.37. The van der Waals surface area contributed by atoms with Gasteiger partial charge in [0.2, 0.25) is 0 Å². The summed E-state index contributed by atoms with van der Waals surface area (Å²) in [4.78, 5) is 4.27. The van der Waals surface area contributed by atoms with E-state index in [1.807, 2.05) is 24.3 Å². The fraction of sp³-hybridized carbons (Fsp3) is 0. The van der Waals surface area contributed by atoms with Gasteiger partial charge in [-0.3, -0.25) is 0 Å². The van der Waals surface area contributed by atoms with Gasteiger partial charge in [0, 0.05) is 5.39 Å². The van der Waals surface area contributed by atoms with Crippen molar-refractivity contribution in [1.82, 2.24) is 14.6 Å². The summed E-state index contributed by atoms with van der Waals surface area (Å²) in [5.74, 6) is 0.537. The summed E-state index contributed by atoms with van der Waals surface area (Å²) in [5.41, 5.74) is 2.08. The average molecular weight is 304 g/mol. The van der Waals surface area contributed by atoms with Gasteiger partial charge in [-0.05, 0) is 24.3 Å². The van der Waals surface area contributed by atoms with E-state index in [1.54, 1.807) is 22.8 Å². The van der Waals surface area contributed by atoms with Crippen molar-refractivity contribution < 1.29 is 4.42 Å². The van der Waals surface area contributed by atoms with Crippen LogP contribution in [0.3, 0.4) is 0 Å². The number of nitrogens with zero attached hydrogens (tertiary/aromatic N) is 3. The highest BCUT2D eigenvalue weighted by atomic mass is 35.5. The molecule has 0 saturated heterocycles. The van der Waals surface area contributed by atoms with Gasteiger partial charge in [-0.2, -0.15) is 5.10 Å². The maximum atomic E-state index is 6.39. The molecule has 4 nitrogen and oxygen atoms in total. The molecule has 1 aromatic carbocycles. The molecule has 0 fully saturated rings. The second-order valence-corrected chi connectivity index (χ2v) is 5.08. The first kappa shape index (κ1) is 11.8. The fourth-order valence-electron chi connectivity index (χ4n) is 2.18. The second kappa shape index (κ2) is 4.23. The third-order valence-electron chi connectivity index (χ3n) is 3.10. The molecule has 0 unspecified atom stereocenters. The van der Waals surface area contributed by atoms with Gasteiger partial charge in [-0.1, -0.05) is 35.3 Å². The Bertz CT molecular complexity index is 942. The molecule has 0 saturated carbocycles. The van der Waals surface area contributed by atoms with Gasteiger partial charge < -0.3 is 4.42 Å². The number of para-hydroxylation sites is 1. The minimum Gasteiger partial charge on any atom is -0.453 e. The molecule has 0 N–H and O–H groups in total. The summed E-state index contributed by atoms with van der Waals surface area (Å²) in [6, 6.07) is 11.1. The number of imidazole rings is 1. The van der Waals surface area contributed by atoms with E-state index in [0.29, 0.717) is 27.3 Å². The van der Waals surface area contributed by atoms with Crippen LogP contribution in [0.5, 0.6) is 0 Å². The van der Waals surface area contributed by atoms with E-state index in [0.717, 1.165) is 11.0 Å². The van der Waals surface area contributed by atoms with Crippen molar-refractivity contribution in [3.05, 3.63) is 52.8 Å². The zero-order chi connectivity index (χ0) is 13.7. The van der Waals surface area contributed by atoms with Gasteiger partial charge in [0.05, 0.1) is 11.2 Å². The molecule has 6 heteroatoms. The van der Waals surface area contributed by atoms with Crippen molar-refractivity contribution in [2.75, 3.05) is 0 Å². The molecule has 98 valence electrons. The minimum atomic E-state index is 0.379. The van der Waals surface area contributed by atoms with Crippen LogP contribution in [0.1, 0.15) is 0 Å². The van der Waals surface area contributed by atoms with Crippen LogP contribution < -0.4 is 0 Å². The van der Waals surface area contributed by atoms with Gasteiger partial charge in [0.1, 0.15) is 16.4 Å². The lowest BCUT2D eigenvalue weighted by molar-refractivity contribution is 0.625. The predicted octanol–water partition coefficient (Wildman–Crippen LogP) is 4.45. The van der Waals surface area contributed by atoms with E-state index in [4.69, 9.17) is 27.6 Å². The summed E-state index contributed by atoms with van der Waals surface area (Å²) in [6.45, 7) is 0. The Hall–Kier alpha value is -2.04. The lowest BCUT2D eigenvalue weighted by Crippen LogP contribution is -1.93. The smallest absolute Gasteiger partial charge is 0.174 e. The van der Waals surface area contributed by atoms with Crippen LogP contribution in [-0.4, -0.2) is 14.6 Å². The maximum absolute atomic E-state index is 6.39. The van der Waals surface area contributed by atoms with E-state index in [2.05, 4.69) is 10.1 Å². The van der Waals surface area contributed by atoms with E-state index in [-0.39, 0.29) is 0 Å². The van der Waals surface area contributed by atoms with Crippen molar-refractivity contribution in [1.29, 1.82) is 0 Å². The number of aromatic nitrogens is 3. The molecule has 3 aromatic heterocycles. The second-order valence-electron chi connectivity index (χ2n) is 4.31. The molecule has 4 rings (SSSR count). The first-order chi connectivity index (χ1) is 9.74. The number of hydrogen-bond donors (Lipinski definition) is 0. The third kappa shape index (κ3) is 1.62. The Morgan fingerprint density at radius 2 is 1.90 bits per heavy atom. The van der Waals surface area contributed by atoms with Gasteiger partial charge in [0.15, 0.2) is 11.4 Å². The van der Waals surface area contributed by atoms with E-state index in [1.165, 1.54) is 0 Å². The molecule has 0 amide bonds. The van der Waals surface area contributed by atoms with E-state index >= 15 is 0 Å². The summed E-state index contributed by atoms with van der Waals surface area (Å²) in [6.07, 6.45) is 1.67. The molecule has 0 aliphatic heterocycles. The summed E-state index contributed by atoms with van der Waals surface area (Å²) >= 11 is 12.3. The molecule has 20 heavy (non-hydrogen) atoms. The van der Waals surface area contributed by atoms with Crippen LogP contribution in [0.4, 0.5) is 0 Å². The Labute approximate surface area is 123 Å². The molecule has 4 aromatic rings. The average Bonchev–Trinajstić information content (AvgIpc) is 3.00. The van der Waals surface area contributed by atoms with Crippen molar-refractivity contribution in [2.24, 2.45) is 0 Å². The number of benzene rings is 1. The summed E-state index contributed by atoms with van der Waals surface area (Å²) in [7, 11) is 0. The summed E-state index contributed by atoms with van der Waals surface area (Å²) in [5, 5.41) is 6.01. The Kier molecular flexibility index (Phi) is 2.49. The predicted molar refractivity (Wildman–Crippen MR) is 78.2 cm³/mol. The van der Waals surface area contributed by atoms with Crippen LogP contribution >= 0.6 is 23.2 Å². The topological polar surface area (TPSA) is 43.3 Å². The fourth-order valence-corrected chi connectivity index (χ4v) is 2.61. The lowest BCUT2D eigenvalue weighted by Gasteiger charge is -1.98. The standard InChI is InChI=1S/C14H7Cl2N3O/c15-11-5-6-12-17-7-9(19(12)18-11)14-13(16)8-3-1-2-4-10(8)20-14/h1-7H. The van der Waals surface area contributed by atoms with Gasteiger partial charge >= 0.3 is 0 Å². The third-order valence-corrected chi connectivity index (χ3v) is 3.67. The van der Waals surface area contributed by atoms with Crippen LogP contribution in [0, 0.1) is 0 Å². The SMILES string of the molecule is Clc1ccc2ncc(-c3oc4ccccc4c3Cl)n2n1. The monoisotopic (exact) mass is 303 g/mol. The number of rotatable bonds is 1. The van der Waals surface area contributed by atoms with Gasteiger partial charge in [-0.15, -0.1) is 0 Å². The van der Waals surface area contributed by atoms with Crippen molar-refractivity contribution in [3.8, 4) is 11.5 Å². The summed E-state index contributed by atoms with van der Waals surface area (Å²) < 4.78 is 7.43. The van der Waals surface area contributed by atoms with Gasteiger partial charge in [0.25, 0.3) is 0 Å². The molecular weight excluding hydrogens is 297 g/mol. The first-order valence-electron chi connectivity index (χ1n) is 5.92. The van der Waals surface area contributed by atoms with Crippen molar-refractivity contribution in [3.63, 3.8) is 0 Å². The zero-order valence-corrected chi connectivity index (χ0v) is 11.6. The van der Waals surface area contributed by atoms with Crippen LogP contribution in [0.25, 0.3) is 28.1 Å². The van der Waals surface area contributed by atoms with Crippen LogP contribution in [0.2, 0.25) is 10.2 Å². The molecule has 0 bridgehead atoms. The molecule has 0 aliphatic carbocycles. The quantitative estimate of drug-likeness (QED) is 0.522. The Morgan fingerprint density at radius 3 is 2.75 bits per heavy atom. The minimum absolute atomic E-state index is 0.379. The van der Waals surface area contributed by atoms with Gasteiger partial charge in [-0.25, -0.2) is 9.50 Å². The number of fused-ring (bicyclic) bond motifs is 2. The number of hydrogen-bond acceptors (Lipinski definition) is 3. The highest BCUT2D eigenvalue weighted by molar-refractivity contribution is 6.37. The zero-order valence-electron chi connectivity index (χ0n) is 10.0. The number of furan rings is 1. The van der Waals surface area contributed by atoms with E-state index < -0.39 is 0 Å². The van der Waals surface area contributed by atoms with Crippen molar-refractivity contribution >= 4 is 39.8 Å². The molecule has 3 heterocycles. The van der Waals surface area contributed by atoms with E-state index in [9.17, 15) is 0 Å². The molecule has 0 radical (unpaired) electrons. The largest absolute Gasteiger partial charge is 0.453 e. The molecular formula is C14H7Cl2N3O. The molecule has 0 spiro atoms. The lowest BCUT2D eigenvalue weighted by atomic mass is 10.2. The Balaban J connectivity index is 2.06.